The average Bonchev–Trinajstić information content (AvgIpc) is 2.88. The minimum Gasteiger partial charge on any atom is -0.355 e. The molecule has 0 saturated heterocycles. The lowest BCUT2D eigenvalue weighted by Crippen LogP contribution is -2.27. The first-order chi connectivity index (χ1) is 10.5. The van der Waals surface area contributed by atoms with Crippen molar-refractivity contribution in [2.45, 2.75) is 25.7 Å². The summed E-state index contributed by atoms with van der Waals surface area (Å²) >= 11 is 12.4. The van der Waals surface area contributed by atoms with Gasteiger partial charge in [0.2, 0.25) is 5.91 Å². The van der Waals surface area contributed by atoms with Crippen LogP contribution in [0.25, 0.3) is 0 Å². The second-order valence-electron chi connectivity index (χ2n) is 5.36. The molecular weight excluding hydrogens is 321 g/mol. The molecule has 0 unspecified atom stereocenters. The van der Waals surface area contributed by atoms with Crippen LogP contribution >= 0.6 is 23.2 Å². The van der Waals surface area contributed by atoms with Crippen molar-refractivity contribution in [3.8, 4) is 0 Å². The van der Waals surface area contributed by atoms with E-state index in [1.165, 1.54) is 0 Å². The molecule has 0 spiro atoms. The van der Waals surface area contributed by atoms with Crippen LogP contribution in [0.2, 0.25) is 10.0 Å². The van der Waals surface area contributed by atoms with E-state index < -0.39 is 0 Å². The van der Waals surface area contributed by atoms with Crippen LogP contribution in [0.1, 0.15) is 30.4 Å². The van der Waals surface area contributed by atoms with Gasteiger partial charge in [0.15, 0.2) is 0 Å². The van der Waals surface area contributed by atoms with Crippen molar-refractivity contribution in [3.63, 3.8) is 0 Å². The number of aromatic nitrogens is 2. The lowest BCUT2D eigenvalue weighted by Gasteiger charge is -2.16. The first-order valence-electron chi connectivity index (χ1n) is 7.15. The summed E-state index contributed by atoms with van der Waals surface area (Å²) in [6.07, 6.45) is 4.81. The van der Waals surface area contributed by atoms with E-state index >= 15 is 0 Å². The smallest absolute Gasteiger partial charge is 0.220 e. The summed E-state index contributed by atoms with van der Waals surface area (Å²) in [6, 6.07) is 5.43. The highest BCUT2D eigenvalue weighted by molar-refractivity contribution is 6.36. The van der Waals surface area contributed by atoms with Gasteiger partial charge >= 0.3 is 0 Å². The maximum Gasteiger partial charge on any atom is 0.220 e. The standard InChI is InChI=1S/C16H19Cl2N3O/c1-11(16-13(17)4-3-5-14(16)18)8-19-15(22)7-6-12-9-20-21(2)10-12/h3-5,9-11H,6-8H2,1-2H3,(H,19,22)/t11-/m0/s1. The van der Waals surface area contributed by atoms with Crippen LogP contribution in [-0.2, 0) is 18.3 Å². The van der Waals surface area contributed by atoms with Crippen LogP contribution in [0.3, 0.4) is 0 Å². The maximum atomic E-state index is 11.9. The monoisotopic (exact) mass is 339 g/mol. The van der Waals surface area contributed by atoms with Gasteiger partial charge in [-0.25, -0.2) is 0 Å². The number of halogens is 2. The number of rotatable bonds is 6. The molecule has 118 valence electrons. The quantitative estimate of drug-likeness (QED) is 0.874. The van der Waals surface area contributed by atoms with Gasteiger partial charge in [-0.2, -0.15) is 5.10 Å². The van der Waals surface area contributed by atoms with Gasteiger partial charge in [-0.05, 0) is 29.7 Å². The van der Waals surface area contributed by atoms with Crippen molar-refractivity contribution in [1.29, 1.82) is 0 Å². The van der Waals surface area contributed by atoms with E-state index in [1.54, 1.807) is 10.9 Å². The molecule has 0 radical (unpaired) electrons. The molecule has 1 aromatic heterocycles. The Morgan fingerprint density at radius 1 is 1.36 bits per heavy atom. The van der Waals surface area contributed by atoms with E-state index in [1.807, 2.05) is 38.4 Å². The molecule has 1 amide bonds. The van der Waals surface area contributed by atoms with Gasteiger partial charge in [-0.15, -0.1) is 0 Å². The van der Waals surface area contributed by atoms with Crippen LogP contribution in [0, 0.1) is 0 Å². The summed E-state index contributed by atoms with van der Waals surface area (Å²) < 4.78 is 1.73. The van der Waals surface area contributed by atoms with Crippen LogP contribution in [0.15, 0.2) is 30.6 Å². The molecule has 0 aliphatic heterocycles. The maximum absolute atomic E-state index is 11.9. The molecule has 2 aromatic rings. The molecule has 0 aliphatic carbocycles. The first-order valence-corrected chi connectivity index (χ1v) is 7.91. The molecule has 0 bridgehead atoms. The second kappa shape index (κ2) is 7.65. The molecular formula is C16H19Cl2N3O. The van der Waals surface area contributed by atoms with Gasteiger partial charge < -0.3 is 5.32 Å². The van der Waals surface area contributed by atoms with Crippen molar-refractivity contribution in [2.24, 2.45) is 7.05 Å². The zero-order valence-corrected chi connectivity index (χ0v) is 14.2. The summed E-state index contributed by atoms with van der Waals surface area (Å²) in [5.74, 6) is 0.0717. The van der Waals surface area contributed by atoms with Gasteiger partial charge in [0, 0.05) is 42.2 Å². The van der Waals surface area contributed by atoms with Crippen LogP contribution < -0.4 is 5.32 Å². The molecule has 1 N–H and O–H groups in total. The molecule has 22 heavy (non-hydrogen) atoms. The molecule has 1 heterocycles. The van der Waals surface area contributed by atoms with Crippen LogP contribution in [-0.4, -0.2) is 22.2 Å². The number of amides is 1. The summed E-state index contributed by atoms with van der Waals surface area (Å²) in [7, 11) is 1.86. The van der Waals surface area contributed by atoms with Crippen molar-refractivity contribution < 1.29 is 4.79 Å². The summed E-state index contributed by atoms with van der Waals surface area (Å²) in [6.45, 7) is 2.50. The van der Waals surface area contributed by atoms with E-state index in [-0.39, 0.29) is 11.8 Å². The topological polar surface area (TPSA) is 46.9 Å². The zero-order valence-electron chi connectivity index (χ0n) is 12.6. The third-order valence-electron chi connectivity index (χ3n) is 3.50. The lowest BCUT2D eigenvalue weighted by molar-refractivity contribution is -0.121. The minimum absolute atomic E-state index is 0.0129. The summed E-state index contributed by atoms with van der Waals surface area (Å²) in [4.78, 5) is 11.9. The molecule has 4 nitrogen and oxygen atoms in total. The highest BCUT2D eigenvalue weighted by Crippen LogP contribution is 2.30. The highest BCUT2D eigenvalue weighted by atomic mass is 35.5. The third kappa shape index (κ3) is 4.49. The Balaban J connectivity index is 1.83. The molecule has 0 saturated carbocycles. The predicted molar refractivity (Wildman–Crippen MR) is 89.4 cm³/mol. The largest absolute Gasteiger partial charge is 0.355 e. The SMILES string of the molecule is C[C@@H](CNC(=O)CCc1cnn(C)c1)c1c(Cl)cccc1Cl. The molecule has 1 atom stereocenters. The molecule has 6 heteroatoms. The number of aryl methyl sites for hydroxylation is 2. The Kier molecular flexibility index (Phi) is 5.86. The van der Waals surface area contributed by atoms with E-state index in [4.69, 9.17) is 23.2 Å². The van der Waals surface area contributed by atoms with Crippen molar-refractivity contribution >= 4 is 29.1 Å². The summed E-state index contributed by atoms with van der Waals surface area (Å²) in [5, 5.41) is 8.27. The number of nitrogens with one attached hydrogen (secondary N) is 1. The first kappa shape index (κ1) is 16.8. The fourth-order valence-corrected chi connectivity index (χ4v) is 3.07. The van der Waals surface area contributed by atoms with Crippen molar-refractivity contribution in [3.05, 3.63) is 51.8 Å². The van der Waals surface area contributed by atoms with E-state index in [9.17, 15) is 4.79 Å². The number of carbonyl (C=O) groups is 1. The van der Waals surface area contributed by atoms with E-state index in [2.05, 4.69) is 10.4 Å². The fourth-order valence-electron chi connectivity index (χ4n) is 2.30. The minimum atomic E-state index is 0.0129. The van der Waals surface area contributed by atoms with Gasteiger partial charge in [0.1, 0.15) is 0 Å². The van der Waals surface area contributed by atoms with Gasteiger partial charge in [-0.1, -0.05) is 36.2 Å². The number of nitrogens with zero attached hydrogens (tertiary/aromatic N) is 2. The average molecular weight is 340 g/mol. The molecule has 0 aliphatic rings. The fraction of sp³-hybridized carbons (Fsp3) is 0.375. The number of benzene rings is 1. The highest BCUT2D eigenvalue weighted by Gasteiger charge is 2.14. The molecule has 1 aromatic carbocycles. The summed E-state index contributed by atoms with van der Waals surface area (Å²) in [5.41, 5.74) is 1.93. The Morgan fingerprint density at radius 2 is 2.05 bits per heavy atom. The van der Waals surface area contributed by atoms with E-state index in [0.717, 1.165) is 11.1 Å². The molecule has 0 fully saturated rings. The normalized spacial score (nSPS) is 12.2. The third-order valence-corrected chi connectivity index (χ3v) is 4.16. The Labute approximate surface area is 140 Å². The van der Waals surface area contributed by atoms with Crippen molar-refractivity contribution in [1.82, 2.24) is 15.1 Å². The molecule has 2 rings (SSSR count). The Hall–Kier alpha value is -1.52. The number of carbonyl (C=O) groups excluding carboxylic acids is 1. The van der Waals surface area contributed by atoms with Crippen LogP contribution in [0.5, 0.6) is 0 Å². The van der Waals surface area contributed by atoms with Gasteiger partial charge in [0.05, 0.1) is 6.20 Å². The predicted octanol–water partition coefficient (Wildman–Crippen LogP) is 3.58. The van der Waals surface area contributed by atoms with E-state index in [0.29, 0.717) is 29.4 Å². The Bertz CT molecular complexity index is 634. The van der Waals surface area contributed by atoms with Gasteiger partial charge in [-0.3, -0.25) is 9.48 Å². The lowest BCUT2D eigenvalue weighted by atomic mass is 10.0. The van der Waals surface area contributed by atoms with Gasteiger partial charge in [0.25, 0.3) is 0 Å². The number of hydrogen-bond acceptors (Lipinski definition) is 2. The van der Waals surface area contributed by atoms with Crippen LogP contribution in [0.4, 0.5) is 0 Å². The second-order valence-corrected chi connectivity index (χ2v) is 6.18. The number of hydrogen-bond donors (Lipinski definition) is 1. The Morgan fingerprint density at radius 3 is 2.64 bits per heavy atom. The van der Waals surface area contributed by atoms with Crippen molar-refractivity contribution in [2.75, 3.05) is 6.54 Å². The zero-order chi connectivity index (χ0) is 16.1.